The van der Waals surface area contributed by atoms with E-state index in [4.69, 9.17) is 0 Å². The van der Waals surface area contributed by atoms with Gasteiger partial charge in [0.2, 0.25) is 0 Å². The normalized spacial score (nSPS) is 11.1. The highest BCUT2D eigenvalue weighted by molar-refractivity contribution is 5.41. The van der Waals surface area contributed by atoms with Gasteiger partial charge in [0, 0.05) is 6.20 Å². The number of allylic oxidation sites excluding steroid dienone is 1. The molecule has 0 aliphatic heterocycles. The minimum absolute atomic E-state index is 0.909. The molecule has 0 radical (unpaired) electrons. The van der Waals surface area contributed by atoms with Gasteiger partial charge in [-0.3, -0.25) is 5.10 Å². The van der Waals surface area contributed by atoms with Gasteiger partial charge in [-0.25, -0.2) is 0 Å². The van der Waals surface area contributed by atoms with Crippen LogP contribution in [0.4, 0.5) is 0 Å². The lowest BCUT2D eigenvalue weighted by Gasteiger charge is -1.89. The van der Waals surface area contributed by atoms with E-state index in [0.29, 0.717) is 0 Å². The minimum Gasteiger partial charge on any atom is -0.265 e. The second-order valence-corrected chi connectivity index (χ2v) is 2.80. The Labute approximate surface area is 72.9 Å². The third kappa shape index (κ3) is 3.32. The van der Waals surface area contributed by atoms with Crippen LogP contribution in [0.5, 0.6) is 0 Å². The van der Waals surface area contributed by atoms with Crippen molar-refractivity contribution < 1.29 is 0 Å². The molecule has 1 aromatic heterocycles. The van der Waals surface area contributed by atoms with Crippen LogP contribution in [0, 0.1) is 0 Å². The molecule has 0 bridgehead atoms. The van der Waals surface area contributed by atoms with Crippen molar-refractivity contribution in [1.29, 1.82) is 0 Å². The monoisotopic (exact) mass is 165 g/mol. The summed E-state index contributed by atoms with van der Waals surface area (Å²) in [5, 5.41) is 10.1. The van der Waals surface area contributed by atoms with Crippen LogP contribution in [0.15, 0.2) is 12.3 Å². The largest absolute Gasteiger partial charge is 0.265 e. The Bertz CT molecular complexity index is 214. The van der Waals surface area contributed by atoms with Crippen LogP contribution >= 0.6 is 0 Å². The molecule has 0 spiro atoms. The number of aromatic nitrogens is 3. The Morgan fingerprint density at radius 1 is 1.50 bits per heavy atom. The molecule has 3 heteroatoms. The zero-order valence-corrected chi connectivity index (χ0v) is 7.45. The number of H-pyrrole nitrogens is 1. The summed E-state index contributed by atoms with van der Waals surface area (Å²) >= 11 is 0. The van der Waals surface area contributed by atoms with Crippen molar-refractivity contribution in [2.75, 3.05) is 0 Å². The fourth-order valence-corrected chi connectivity index (χ4v) is 1.01. The van der Waals surface area contributed by atoms with Gasteiger partial charge in [-0.15, -0.1) is 5.10 Å². The Morgan fingerprint density at radius 2 is 2.42 bits per heavy atom. The van der Waals surface area contributed by atoms with Gasteiger partial charge >= 0.3 is 0 Å². The number of nitrogens with zero attached hydrogens (tertiary/aromatic N) is 2. The molecule has 0 aliphatic rings. The highest BCUT2D eigenvalue weighted by atomic mass is 15.3. The molecule has 12 heavy (non-hydrogen) atoms. The van der Waals surface area contributed by atoms with Gasteiger partial charge in [-0.2, -0.15) is 0 Å². The molecule has 1 heterocycles. The summed E-state index contributed by atoms with van der Waals surface area (Å²) in [6, 6.07) is 0. The Morgan fingerprint density at radius 3 is 3.08 bits per heavy atom. The van der Waals surface area contributed by atoms with E-state index in [9.17, 15) is 0 Å². The van der Waals surface area contributed by atoms with Crippen molar-refractivity contribution in [2.24, 2.45) is 0 Å². The van der Waals surface area contributed by atoms with E-state index in [-0.39, 0.29) is 0 Å². The zero-order chi connectivity index (χ0) is 8.65. The Balaban J connectivity index is 2.14. The molecule has 0 fully saturated rings. The molecule has 0 saturated heterocycles. The van der Waals surface area contributed by atoms with Crippen molar-refractivity contribution in [3.05, 3.63) is 18.0 Å². The molecule has 66 valence electrons. The summed E-state index contributed by atoms with van der Waals surface area (Å²) in [5.74, 6) is 0. The van der Waals surface area contributed by atoms with Crippen LogP contribution in [0.1, 0.15) is 38.3 Å². The quantitative estimate of drug-likeness (QED) is 0.681. The van der Waals surface area contributed by atoms with E-state index >= 15 is 0 Å². The van der Waals surface area contributed by atoms with E-state index < -0.39 is 0 Å². The van der Waals surface area contributed by atoms with Crippen molar-refractivity contribution in [2.45, 2.75) is 32.6 Å². The lowest BCUT2D eigenvalue weighted by atomic mass is 10.2. The average molecular weight is 165 g/mol. The first kappa shape index (κ1) is 8.97. The zero-order valence-electron chi connectivity index (χ0n) is 7.45. The lowest BCUT2D eigenvalue weighted by molar-refractivity contribution is 0.730. The molecule has 0 saturated carbocycles. The van der Waals surface area contributed by atoms with Crippen LogP contribution < -0.4 is 0 Å². The Kier molecular flexibility index (Phi) is 4.13. The van der Waals surface area contributed by atoms with E-state index in [1.54, 1.807) is 6.20 Å². The number of hydrogen-bond acceptors (Lipinski definition) is 2. The summed E-state index contributed by atoms with van der Waals surface area (Å²) in [7, 11) is 0. The summed E-state index contributed by atoms with van der Waals surface area (Å²) in [6.45, 7) is 2.21. The summed E-state index contributed by atoms with van der Waals surface area (Å²) in [6.07, 6.45) is 10.9. The maximum absolute atomic E-state index is 3.84. The fraction of sp³-hybridized carbons (Fsp3) is 0.556. The highest BCUT2D eigenvalue weighted by Gasteiger charge is 1.86. The van der Waals surface area contributed by atoms with Gasteiger partial charge in [0.05, 0.1) is 0 Å². The first-order valence-electron chi connectivity index (χ1n) is 4.46. The van der Waals surface area contributed by atoms with E-state index in [1.807, 2.05) is 6.08 Å². The molecule has 0 aliphatic carbocycles. The summed E-state index contributed by atoms with van der Waals surface area (Å²) < 4.78 is 0. The highest BCUT2D eigenvalue weighted by Crippen LogP contribution is 2.01. The van der Waals surface area contributed by atoms with E-state index in [1.165, 1.54) is 19.3 Å². The average Bonchev–Trinajstić information content (AvgIpc) is 2.57. The fourth-order valence-electron chi connectivity index (χ4n) is 1.01. The number of aromatic amines is 1. The first-order chi connectivity index (χ1) is 5.93. The van der Waals surface area contributed by atoms with Gasteiger partial charge in [-0.05, 0) is 18.9 Å². The molecule has 0 atom stereocenters. The summed E-state index contributed by atoms with van der Waals surface area (Å²) in [5.41, 5.74) is 0.909. The minimum atomic E-state index is 0.909. The number of nitrogens with one attached hydrogen (secondary N) is 1. The van der Waals surface area contributed by atoms with Crippen LogP contribution in [0.3, 0.4) is 0 Å². The lowest BCUT2D eigenvalue weighted by Crippen LogP contribution is -1.73. The van der Waals surface area contributed by atoms with Crippen molar-refractivity contribution >= 4 is 6.08 Å². The topological polar surface area (TPSA) is 41.6 Å². The predicted molar refractivity (Wildman–Crippen MR) is 49.6 cm³/mol. The van der Waals surface area contributed by atoms with Crippen molar-refractivity contribution in [3.63, 3.8) is 0 Å². The molecular formula is C9H15N3. The summed E-state index contributed by atoms with van der Waals surface area (Å²) in [4.78, 5) is 0. The van der Waals surface area contributed by atoms with Crippen LogP contribution in [-0.4, -0.2) is 15.4 Å². The first-order valence-corrected chi connectivity index (χ1v) is 4.46. The molecule has 0 aromatic carbocycles. The van der Waals surface area contributed by atoms with Crippen LogP contribution in [0.2, 0.25) is 0 Å². The third-order valence-corrected chi connectivity index (χ3v) is 1.70. The van der Waals surface area contributed by atoms with Gasteiger partial charge < -0.3 is 0 Å². The second kappa shape index (κ2) is 5.52. The van der Waals surface area contributed by atoms with Gasteiger partial charge in [0.15, 0.2) is 0 Å². The number of hydrogen-bond donors (Lipinski definition) is 1. The van der Waals surface area contributed by atoms with E-state index in [2.05, 4.69) is 28.4 Å². The molecule has 1 rings (SSSR count). The maximum atomic E-state index is 3.84. The molecule has 1 N–H and O–H groups in total. The predicted octanol–water partition coefficient (Wildman–Crippen LogP) is 2.40. The molecular weight excluding hydrogens is 150 g/mol. The molecule has 1 aromatic rings. The number of unbranched alkanes of at least 4 members (excludes halogenated alkanes) is 3. The van der Waals surface area contributed by atoms with Crippen molar-refractivity contribution in [3.8, 4) is 0 Å². The standard InChI is InChI=1S/C9H15N3/c1-2-3-4-5-6-7-9-8-10-12-11-9/h6-8H,2-5H2,1H3,(H,10,11,12). The van der Waals surface area contributed by atoms with Gasteiger partial charge in [-0.1, -0.05) is 31.1 Å². The SMILES string of the molecule is CCCCCC=Cc1c[nH]nn1. The molecule has 0 amide bonds. The molecule has 0 unspecified atom stereocenters. The second-order valence-electron chi connectivity index (χ2n) is 2.80. The third-order valence-electron chi connectivity index (χ3n) is 1.70. The number of rotatable bonds is 5. The van der Waals surface area contributed by atoms with E-state index in [0.717, 1.165) is 12.1 Å². The van der Waals surface area contributed by atoms with Crippen LogP contribution in [0.25, 0.3) is 6.08 Å². The smallest absolute Gasteiger partial charge is 0.105 e. The van der Waals surface area contributed by atoms with Gasteiger partial charge in [0.1, 0.15) is 5.69 Å². The van der Waals surface area contributed by atoms with Crippen LogP contribution in [-0.2, 0) is 0 Å². The van der Waals surface area contributed by atoms with Crippen molar-refractivity contribution in [1.82, 2.24) is 15.4 Å². The van der Waals surface area contributed by atoms with Gasteiger partial charge in [0.25, 0.3) is 0 Å². The molecule has 3 nitrogen and oxygen atoms in total. The Hall–Kier alpha value is -1.12. The maximum Gasteiger partial charge on any atom is 0.105 e.